The first-order chi connectivity index (χ1) is 15.7. The molecular formula is C18H26N5O9P. The topological polar surface area (TPSA) is 179 Å². The van der Waals surface area contributed by atoms with Crippen LogP contribution in [0.3, 0.4) is 0 Å². The fourth-order valence-electron chi connectivity index (χ4n) is 3.79. The second-order valence-corrected chi connectivity index (χ2v) is 9.30. The molecule has 0 aromatic carbocycles. The summed E-state index contributed by atoms with van der Waals surface area (Å²) in [6, 6.07) is 0. The van der Waals surface area contributed by atoms with Crippen molar-refractivity contribution < 1.29 is 42.2 Å². The number of fused-ring (bicyclic) bond motifs is 2. The molecule has 4 rings (SSSR count). The van der Waals surface area contributed by atoms with Crippen LogP contribution in [0.15, 0.2) is 6.33 Å². The molecule has 0 unspecified atom stereocenters. The maximum atomic E-state index is 12.9. The number of nitrogen functional groups attached to an aromatic ring is 1. The van der Waals surface area contributed by atoms with Crippen molar-refractivity contribution in [1.82, 2.24) is 19.5 Å². The Morgan fingerprint density at radius 2 is 2.24 bits per heavy atom. The number of methoxy groups -OCH3 is 1. The molecule has 14 nitrogen and oxygen atoms in total. The standard InChI is InChI=1S/C18H26N5O9P/c1-4-28-11(24)6-5-7-29-33(26)30-8-10-13(32-33)18(2,25)16(31-10)23-9-20-12-14(23)21-17(19)22-15(12)27-3/h9-10,13,16,25H,4-8H2,1-3H3,(H2,19,21,22)/t10-,13-,16-,18-,33-/m1/s1. The van der Waals surface area contributed by atoms with Crippen LogP contribution < -0.4 is 10.5 Å². The number of phosphoric ester groups is 1. The molecule has 0 aliphatic carbocycles. The van der Waals surface area contributed by atoms with Crippen LogP contribution >= 0.6 is 7.82 Å². The summed E-state index contributed by atoms with van der Waals surface area (Å²) in [6.07, 6.45) is -1.02. The zero-order valence-electron chi connectivity index (χ0n) is 18.4. The molecule has 2 aliphatic rings. The van der Waals surface area contributed by atoms with Crippen LogP contribution in [0.4, 0.5) is 5.95 Å². The van der Waals surface area contributed by atoms with Crippen LogP contribution in [-0.4, -0.2) is 75.3 Å². The number of anilines is 1. The number of aliphatic hydroxyl groups is 1. The van der Waals surface area contributed by atoms with Crippen molar-refractivity contribution in [3.8, 4) is 5.88 Å². The van der Waals surface area contributed by atoms with E-state index in [1.54, 1.807) is 6.92 Å². The van der Waals surface area contributed by atoms with Crippen LogP contribution in [0.2, 0.25) is 0 Å². The maximum Gasteiger partial charge on any atom is 0.475 e. The third-order valence-electron chi connectivity index (χ3n) is 5.29. The first kappa shape index (κ1) is 23.8. The van der Waals surface area contributed by atoms with Gasteiger partial charge in [0.15, 0.2) is 17.4 Å². The van der Waals surface area contributed by atoms with E-state index in [0.717, 1.165) is 0 Å². The van der Waals surface area contributed by atoms with E-state index in [1.165, 1.54) is 24.9 Å². The van der Waals surface area contributed by atoms with Gasteiger partial charge in [-0.3, -0.25) is 22.9 Å². The molecular weight excluding hydrogens is 461 g/mol. The van der Waals surface area contributed by atoms with Gasteiger partial charge in [-0.15, -0.1) is 0 Å². The van der Waals surface area contributed by atoms with E-state index < -0.39 is 31.9 Å². The Labute approximate surface area is 188 Å². The summed E-state index contributed by atoms with van der Waals surface area (Å²) in [5, 5.41) is 11.3. The van der Waals surface area contributed by atoms with Gasteiger partial charge in [-0.05, 0) is 20.3 Å². The van der Waals surface area contributed by atoms with E-state index in [9.17, 15) is 14.5 Å². The van der Waals surface area contributed by atoms with Gasteiger partial charge >= 0.3 is 13.8 Å². The van der Waals surface area contributed by atoms with Crippen molar-refractivity contribution in [3.63, 3.8) is 0 Å². The van der Waals surface area contributed by atoms with E-state index in [1.807, 2.05) is 0 Å². The Balaban J connectivity index is 1.49. The molecule has 3 N–H and O–H groups in total. The van der Waals surface area contributed by atoms with Crippen molar-refractivity contribution in [3.05, 3.63) is 6.33 Å². The average Bonchev–Trinajstić information content (AvgIpc) is 3.29. The lowest BCUT2D eigenvalue weighted by molar-refractivity contribution is -0.143. The number of nitrogens with zero attached hydrogens (tertiary/aromatic N) is 4. The van der Waals surface area contributed by atoms with Gasteiger partial charge in [-0.25, -0.2) is 9.55 Å². The molecule has 182 valence electrons. The fourth-order valence-corrected chi connectivity index (χ4v) is 5.29. The lowest BCUT2D eigenvalue weighted by Crippen LogP contribution is -2.47. The van der Waals surface area contributed by atoms with E-state index in [2.05, 4.69) is 15.0 Å². The summed E-state index contributed by atoms with van der Waals surface area (Å²) >= 11 is 0. The Kier molecular flexibility index (Phi) is 6.58. The zero-order valence-corrected chi connectivity index (χ0v) is 19.3. The Bertz CT molecular complexity index is 1080. The number of hydrogen-bond acceptors (Lipinski definition) is 13. The van der Waals surface area contributed by atoms with Gasteiger partial charge in [0.2, 0.25) is 11.8 Å². The normalized spacial score (nSPS) is 31.5. The molecule has 5 atom stereocenters. The minimum Gasteiger partial charge on any atom is -0.479 e. The second-order valence-electron chi connectivity index (χ2n) is 7.68. The predicted octanol–water partition coefficient (Wildman–Crippen LogP) is 0.949. The molecule has 0 bridgehead atoms. The van der Waals surface area contributed by atoms with Crippen LogP contribution in [0.1, 0.15) is 32.9 Å². The Morgan fingerprint density at radius 3 is 2.97 bits per heavy atom. The molecule has 0 amide bonds. The highest BCUT2D eigenvalue weighted by Gasteiger charge is 2.60. The number of esters is 1. The minimum absolute atomic E-state index is 0.0449. The van der Waals surface area contributed by atoms with Gasteiger partial charge < -0.3 is 25.1 Å². The lowest BCUT2D eigenvalue weighted by Gasteiger charge is -2.35. The SMILES string of the molecule is CCOC(=O)CCCO[P@]1(=O)OC[C@H]2O[C@@H](n3cnc4c(OC)nc(N)nc43)[C@](C)(O)[C@@H]2O1. The number of carbonyl (C=O) groups excluding carboxylic acids is 1. The smallest absolute Gasteiger partial charge is 0.475 e. The van der Waals surface area contributed by atoms with Gasteiger partial charge in [0.1, 0.15) is 17.8 Å². The zero-order chi connectivity index (χ0) is 23.8. The summed E-state index contributed by atoms with van der Waals surface area (Å²) in [7, 11) is -2.57. The number of rotatable bonds is 8. The number of phosphoric acid groups is 1. The van der Waals surface area contributed by atoms with Crippen LogP contribution in [0.25, 0.3) is 11.2 Å². The molecule has 0 spiro atoms. The predicted molar refractivity (Wildman–Crippen MR) is 111 cm³/mol. The van der Waals surface area contributed by atoms with Crippen LogP contribution in [0, 0.1) is 0 Å². The van der Waals surface area contributed by atoms with Gasteiger partial charge in [-0.2, -0.15) is 9.97 Å². The summed E-state index contributed by atoms with van der Waals surface area (Å²) in [5.74, 6) is -0.253. The highest BCUT2D eigenvalue weighted by atomic mass is 31.2. The first-order valence-electron chi connectivity index (χ1n) is 10.3. The second kappa shape index (κ2) is 9.12. The van der Waals surface area contributed by atoms with Crippen molar-refractivity contribution in [2.45, 2.75) is 50.7 Å². The molecule has 2 aromatic heterocycles. The van der Waals surface area contributed by atoms with E-state index in [-0.39, 0.29) is 56.1 Å². The van der Waals surface area contributed by atoms with Gasteiger partial charge in [0.25, 0.3) is 0 Å². The third kappa shape index (κ3) is 4.54. The monoisotopic (exact) mass is 487 g/mol. The van der Waals surface area contributed by atoms with E-state index in [0.29, 0.717) is 5.52 Å². The molecule has 33 heavy (non-hydrogen) atoms. The first-order valence-corrected chi connectivity index (χ1v) is 11.8. The van der Waals surface area contributed by atoms with Crippen molar-refractivity contribution in [2.75, 3.05) is 32.7 Å². The summed E-state index contributed by atoms with van der Waals surface area (Å²) < 4.78 is 46.6. The molecule has 2 aromatic rings. The fraction of sp³-hybridized carbons (Fsp3) is 0.667. The number of carbonyl (C=O) groups is 1. The molecule has 2 fully saturated rings. The molecule has 4 heterocycles. The van der Waals surface area contributed by atoms with Crippen molar-refractivity contribution >= 4 is 30.9 Å². The molecule has 0 saturated carbocycles. The number of nitrogens with two attached hydrogens (primary N) is 1. The molecule has 0 radical (unpaired) electrons. The lowest BCUT2D eigenvalue weighted by atomic mass is 9.96. The highest BCUT2D eigenvalue weighted by molar-refractivity contribution is 7.48. The van der Waals surface area contributed by atoms with E-state index >= 15 is 0 Å². The quantitative estimate of drug-likeness (QED) is 0.305. The van der Waals surface area contributed by atoms with Crippen molar-refractivity contribution in [2.24, 2.45) is 0 Å². The summed E-state index contributed by atoms with van der Waals surface area (Å²) in [4.78, 5) is 23.8. The van der Waals surface area contributed by atoms with Gasteiger partial charge in [0.05, 0.1) is 33.3 Å². The number of ether oxygens (including phenoxy) is 3. The average molecular weight is 487 g/mol. The Morgan fingerprint density at radius 1 is 1.45 bits per heavy atom. The maximum absolute atomic E-state index is 12.9. The van der Waals surface area contributed by atoms with Crippen molar-refractivity contribution in [1.29, 1.82) is 0 Å². The minimum atomic E-state index is -3.99. The number of aromatic nitrogens is 4. The van der Waals surface area contributed by atoms with E-state index in [4.69, 9.17) is 33.5 Å². The molecule has 15 heteroatoms. The third-order valence-corrected chi connectivity index (χ3v) is 6.74. The molecule has 2 aliphatic heterocycles. The van der Waals surface area contributed by atoms with Crippen LogP contribution in [0.5, 0.6) is 5.88 Å². The largest absolute Gasteiger partial charge is 0.479 e. The summed E-state index contributed by atoms with van der Waals surface area (Å²) in [5.41, 5.74) is 4.71. The number of imidazole rings is 1. The highest BCUT2D eigenvalue weighted by Crippen LogP contribution is 2.58. The number of hydrogen-bond donors (Lipinski definition) is 2. The van der Waals surface area contributed by atoms with Gasteiger partial charge in [-0.1, -0.05) is 0 Å². The summed E-state index contributed by atoms with van der Waals surface area (Å²) in [6.45, 7) is 3.27. The Hall–Kier alpha value is -2.35. The van der Waals surface area contributed by atoms with Crippen LogP contribution in [-0.2, 0) is 32.4 Å². The van der Waals surface area contributed by atoms with Gasteiger partial charge in [0, 0.05) is 6.42 Å². The molecule has 2 saturated heterocycles.